The second-order valence-electron chi connectivity index (χ2n) is 5.28. The molecule has 1 aliphatic carbocycles. The molecule has 0 saturated heterocycles. The van der Waals surface area contributed by atoms with Crippen LogP contribution in [0.1, 0.15) is 51.0 Å². The highest BCUT2D eigenvalue weighted by molar-refractivity contribution is 7.07. The van der Waals surface area contributed by atoms with Gasteiger partial charge in [-0.15, -0.1) is 0 Å². The van der Waals surface area contributed by atoms with E-state index in [1.807, 2.05) is 11.3 Å². The summed E-state index contributed by atoms with van der Waals surface area (Å²) in [6.07, 6.45) is 9.58. The fourth-order valence-corrected chi connectivity index (χ4v) is 3.16. The van der Waals surface area contributed by atoms with Crippen LogP contribution in [-0.2, 0) is 6.42 Å². The van der Waals surface area contributed by atoms with Crippen molar-refractivity contribution in [2.24, 2.45) is 5.92 Å². The van der Waals surface area contributed by atoms with Gasteiger partial charge in [-0.1, -0.05) is 13.3 Å². The van der Waals surface area contributed by atoms with Gasteiger partial charge in [0.25, 0.3) is 0 Å². The first-order valence-electron chi connectivity index (χ1n) is 7.14. The van der Waals surface area contributed by atoms with Gasteiger partial charge in [0.2, 0.25) is 0 Å². The maximum absolute atomic E-state index is 3.73. The highest BCUT2D eigenvalue weighted by Gasteiger charge is 2.29. The monoisotopic (exact) mass is 251 g/mol. The van der Waals surface area contributed by atoms with E-state index >= 15 is 0 Å². The van der Waals surface area contributed by atoms with Gasteiger partial charge in [-0.3, -0.25) is 0 Å². The number of aryl methyl sites for hydroxylation is 1. The van der Waals surface area contributed by atoms with Crippen molar-refractivity contribution in [3.63, 3.8) is 0 Å². The summed E-state index contributed by atoms with van der Waals surface area (Å²) in [7, 11) is 0. The fraction of sp³-hybridized carbons (Fsp3) is 0.733. The van der Waals surface area contributed by atoms with Crippen LogP contribution < -0.4 is 5.32 Å². The lowest BCUT2D eigenvalue weighted by atomic mass is 10.0. The highest BCUT2D eigenvalue weighted by atomic mass is 32.1. The Bertz CT molecular complexity index is 290. The van der Waals surface area contributed by atoms with Crippen LogP contribution in [0.4, 0.5) is 0 Å². The molecule has 2 heteroatoms. The van der Waals surface area contributed by atoms with E-state index in [-0.39, 0.29) is 0 Å². The first-order valence-corrected chi connectivity index (χ1v) is 8.09. The molecule has 0 radical (unpaired) electrons. The Hall–Kier alpha value is -0.340. The Labute approximate surface area is 110 Å². The molecule has 2 rings (SSSR count). The van der Waals surface area contributed by atoms with Gasteiger partial charge in [-0.05, 0) is 73.4 Å². The van der Waals surface area contributed by atoms with Crippen molar-refractivity contribution in [1.82, 2.24) is 5.32 Å². The minimum Gasteiger partial charge on any atom is -0.314 e. The van der Waals surface area contributed by atoms with Crippen molar-refractivity contribution < 1.29 is 0 Å². The second-order valence-corrected chi connectivity index (χ2v) is 6.06. The van der Waals surface area contributed by atoms with Crippen LogP contribution in [0.2, 0.25) is 0 Å². The highest BCUT2D eigenvalue weighted by Crippen LogP contribution is 2.34. The minimum atomic E-state index is 0.817. The van der Waals surface area contributed by atoms with Crippen LogP contribution in [0.5, 0.6) is 0 Å². The molecule has 1 aliphatic rings. The summed E-state index contributed by atoms with van der Waals surface area (Å²) in [5.41, 5.74) is 1.53. The van der Waals surface area contributed by atoms with Crippen molar-refractivity contribution in [1.29, 1.82) is 0 Å². The van der Waals surface area contributed by atoms with Crippen LogP contribution >= 0.6 is 11.3 Å². The molecule has 1 N–H and O–H groups in total. The summed E-state index contributed by atoms with van der Waals surface area (Å²) in [5.74, 6) is 1.00. The molecule has 1 saturated carbocycles. The molecule has 1 heterocycles. The largest absolute Gasteiger partial charge is 0.314 e. The van der Waals surface area contributed by atoms with Gasteiger partial charge in [0, 0.05) is 6.04 Å². The van der Waals surface area contributed by atoms with Gasteiger partial charge in [0.05, 0.1) is 0 Å². The van der Waals surface area contributed by atoms with Crippen LogP contribution in [-0.4, -0.2) is 12.6 Å². The SMILES string of the molecule is CCCNC(CCCCc1ccsc1)C1CC1. The minimum absolute atomic E-state index is 0.817. The molecule has 1 aromatic rings. The van der Waals surface area contributed by atoms with Crippen molar-refractivity contribution >= 4 is 11.3 Å². The van der Waals surface area contributed by atoms with Gasteiger partial charge in [-0.25, -0.2) is 0 Å². The molecule has 0 bridgehead atoms. The van der Waals surface area contributed by atoms with Crippen molar-refractivity contribution in [2.75, 3.05) is 6.54 Å². The normalized spacial score (nSPS) is 17.2. The third kappa shape index (κ3) is 4.81. The molecule has 1 fully saturated rings. The van der Waals surface area contributed by atoms with Crippen molar-refractivity contribution in [3.8, 4) is 0 Å². The second kappa shape index (κ2) is 7.17. The molecule has 1 nitrogen and oxygen atoms in total. The summed E-state index contributed by atoms with van der Waals surface area (Å²) in [4.78, 5) is 0. The maximum Gasteiger partial charge on any atom is 0.00953 e. The molecule has 1 atom stereocenters. The van der Waals surface area contributed by atoms with E-state index in [4.69, 9.17) is 0 Å². The van der Waals surface area contributed by atoms with Crippen LogP contribution in [0.3, 0.4) is 0 Å². The Morgan fingerprint density at radius 2 is 2.29 bits per heavy atom. The van der Waals surface area contributed by atoms with E-state index in [9.17, 15) is 0 Å². The molecule has 96 valence electrons. The van der Waals surface area contributed by atoms with Gasteiger partial charge < -0.3 is 5.32 Å². The van der Waals surface area contributed by atoms with Gasteiger partial charge in [0.1, 0.15) is 0 Å². The number of hydrogen-bond acceptors (Lipinski definition) is 2. The molecule has 1 aromatic heterocycles. The number of nitrogens with one attached hydrogen (secondary N) is 1. The molecular weight excluding hydrogens is 226 g/mol. The average molecular weight is 251 g/mol. The molecule has 0 aliphatic heterocycles. The summed E-state index contributed by atoms with van der Waals surface area (Å²) in [6, 6.07) is 3.08. The maximum atomic E-state index is 3.73. The Morgan fingerprint density at radius 1 is 1.41 bits per heavy atom. The summed E-state index contributed by atoms with van der Waals surface area (Å²) in [6.45, 7) is 3.46. The molecular formula is C15H25NS. The lowest BCUT2D eigenvalue weighted by Gasteiger charge is -2.17. The van der Waals surface area contributed by atoms with Gasteiger partial charge >= 0.3 is 0 Å². The van der Waals surface area contributed by atoms with E-state index in [0.717, 1.165) is 12.0 Å². The van der Waals surface area contributed by atoms with E-state index in [1.54, 1.807) is 0 Å². The quantitative estimate of drug-likeness (QED) is 0.647. The van der Waals surface area contributed by atoms with E-state index in [1.165, 1.54) is 57.1 Å². The fourth-order valence-electron chi connectivity index (χ4n) is 2.46. The first-order chi connectivity index (χ1) is 8.40. The van der Waals surface area contributed by atoms with Crippen LogP contribution in [0.15, 0.2) is 16.8 Å². The zero-order valence-corrected chi connectivity index (χ0v) is 11.8. The number of unbranched alkanes of at least 4 members (excludes halogenated alkanes) is 1. The number of rotatable bonds is 9. The predicted molar refractivity (Wildman–Crippen MR) is 76.7 cm³/mol. The molecule has 0 spiro atoms. The summed E-state index contributed by atoms with van der Waals surface area (Å²) < 4.78 is 0. The molecule has 1 unspecified atom stereocenters. The Morgan fingerprint density at radius 3 is 2.94 bits per heavy atom. The lowest BCUT2D eigenvalue weighted by molar-refractivity contribution is 0.420. The summed E-state index contributed by atoms with van der Waals surface area (Å²) >= 11 is 1.82. The van der Waals surface area contributed by atoms with Crippen LogP contribution in [0, 0.1) is 5.92 Å². The number of thiophene rings is 1. The van der Waals surface area contributed by atoms with E-state index < -0.39 is 0 Å². The average Bonchev–Trinajstić information content (AvgIpc) is 3.05. The zero-order valence-electron chi connectivity index (χ0n) is 11.0. The summed E-state index contributed by atoms with van der Waals surface area (Å²) in [5, 5.41) is 8.20. The van der Waals surface area contributed by atoms with Gasteiger partial charge in [-0.2, -0.15) is 11.3 Å². The zero-order chi connectivity index (χ0) is 11.9. The molecule has 0 aromatic carbocycles. The topological polar surface area (TPSA) is 12.0 Å². The predicted octanol–water partition coefficient (Wildman–Crippen LogP) is 4.24. The molecule has 17 heavy (non-hydrogen) atoms. The number of hydrogen-bond donors (Lipinski definition) is 1. The van der Waals surface area contributed by atoms with Crippen molar-refractivity contribution in [2.45, 2.75) is 57.9 Å². The third-order valence-corrected chi connectivity index (χ3v) is 4.39. The van der Waals surface area contributed by atoms with Gasteiger partial charge in [0.15, 0.2) is 0 Å². The third-order valence-electron chi connectivity index (χ3n) is 3.66. The molecule has 0 amide bonds. The van der Waals surface area contributed by atoms with E-state index in [2.05, 4.69) is 29.1 Å². The first kappa shape index (κ1) is 13.1. The van der Waals surface area contributed by atoms with E-state index in [0.29, 0.717) is 0 Å². The Balaban J connectivity index is 1.58. The lowest BCUT2D eigenvalue weighted by Crippen LogP contribution is -2.31. The smallest absolute Gasteiger partial charge is 0.00953 e. The van der Waals surface area contributed by atoms with Crippen LogP contribution in [0.25, 0.3) is 0 Å². The standard InChI is InChI=1S/C15H25NS/c1-2-10-16-15(14-7-8-14)6-4-3-5-13-9-11-17-12-13/h9,11-12,14-16H,2-8,10H2,1H3. The Kier molecular flexibility index (Phi) is 5.53. The van der Waals surface area contributed by atoms with Crippen molar-refractivity contribution in [3.05, 3.63) is 22.4 Å².